The average Bonchev–Trinajstić information content (AvgIpc) is 3.11. The van der Waals surface area contributed by atoms with Crippen molar-refractivity contribution in [3.63, 3.8) is 0 Å². The maximum Gasteiger partial charge on any atom is 0.248 e. The summed E-state index contributed by atoms with van der Waals surface area (Å²) in [6, 6.07) is 7.88. The molecule has 0 unspecified atom stereocenters. The number of aromatic nitrogens is 1. The van der Waals surface area contributed by atoms with Gasteiger partial charge >= 0.3 is 0 Å². The molecule has 1 aromatic carbocycles. The number of amides is 2. The van der Waals surface area contributed by atoms with Crippen molar-refractivity contribution in [3.8, 4) is 0 Å². The van der Waals surface area contributed by atoms with Gasteiger partial charge in [0.25, 0.3) is 0 Å². The van der Waals surface area contributed by atoms with Gasteiger partial charge in [0.15, 0.2) is 5.12 Å². The highest BCUT2D eigenvalue weighted by Crippen LogP contribution is 2.34. The number of hydrogen-bond donors (Lipinski definition) is 1. The SMILES string of the molecule is CC(C)(C)NC(=O)[C@@H](c1cccnc1)N(C(=O)[C@H]1CSC(=O)C1)c1cccc(F)c1. The lowest BCUT2D eigenvalue weighted by molar-refractivity contribution is -0.129. The number of nitrogens with zero attached hydrogens (tertiary/aromatic N) is 2. The van der Waals surface area contributed by atoms with E-state index in [4.69, 9.17) is 0 Å². The number of benzene rings is 1. The summed E-state index contributed by atoms with van der Waals surface area (Å²) in [5.74, 6) is -1.57. The summed E-state index contributed by atoms with van der Waals surface area (Å²) in [6.45, 7) is 5.52. The fourth-order valence-electron chi connectivity index (χ4n) is 3.29. The minimum atomic E-state index is -1.06. The normalized spacial score (nSPS) is 17.5. The van der Waals surface area contributed by atoms with E-state index in [2.05, 4.69) is 10.3 Å². The lowest BCUT2D eigenvalue weighted by Gasteiger charge is -2.34. The molecule has 0 radical (unpaired) electrons. The van der Waals surface area contributed by atoms with E-state index in [9.17, 15) is 18.8 Å². The molecule has 30 heavy (non-hydrogen) atoms. The van der Waals surface area contributed by atoms with Gasteiger partial charge in [-0.25, -0.2) is 4.39 Å². The van der Waals surface area contributed by atoms with Gasteiger partial charge in [0.05, 0.1) is 5.92 Å². The number of halogens is 1. The summed E-state index contributed by atoms with van der Waals surface area (Å²) in [6.07, 6.45) is 3.18. The third kappa shape index (κ3) is 5.24. The van der Waals surface area contributed by atoms with Gasteiger partial charge in [-0.15, -0.1) is 0 Å². The second kappa shape index (κ2) is 8.95. The van der Waals surface area contributed by atoms with Gasteiger partial charge in [0.1, 0.15) is 11.9 Å². The molecule has 0 aliphatic carbocycles. The fraction of sp³-hybridized carbons (Fsp3) is 0.364. The van der Waals surface area contributed by atoms with Crippen LogP contribution in [-0.4, -0.2) is 33.2 Å². The van der Waals surface area contributed by atoms with E-state index in [1.54, 1.807) is 24.4 Å². The Bertz CT molecular complexity index is 946. The van der Waals surface area contributed by atoms with Crippen LogP contribution in [0.25, 0.3) is 0 Å². The summed E-state index contributed by atoms with van der Waals surface area (Å²) < 4.78 is 14.1. The molecule has 2 aromatic rings. The highest BCUT2D eigenvalue weighted by Gasteiger charge is 2.40. The molecule has 3 rings (SSSR count). The van der Waals surface area contributed by atoms with E-state index in [1.165, 1.54) is 29.3 Å². The van der Waals surface area contributed by atoms with Crippen LogP contribution in [0, 0.1) is 11.7 Å². The number of carbonyl (C=O) groups excluding carboxylic acids is 3. The summed E-state index contributed by atoms with van der Waals surface area (Å²) in [5.41, 5.74) is 0.198. The minimum Gasteiger partial charge on any atom is -0.349 e. The van der Waals surface area contributed by atoms with E-state index >= 15 is 0 Å². The van der Waals surface area contributed by atoms with Crippen molar-refractivity contribution in [2.45, 2.75) is 38.8 Å². The average molecular weight is 430 g/mol. The Hall–Kier alpha value is -2.74. The molecule has 6 nitrogen and oxygen atoms in total. The Morgan fingerprint density at radius 2 is 2.03 bits per heavy atom. The molecular weight excluding hydrogens is 405 g/mol. The third-order valence-electron chi connectivity index (χ3n) is 4.54. The predicted molar refractivity (Wildman–Crippen MR) is 114 cm³/mol. The fourth-order valence-corrected chi connectivity index (χ4v) is 4.26. The first-order valence-corrected chi connectivity index (χ1v) is 10.6. The lowest BCUT2D eigenvalue weighted by Crippen LogP contribution is -2.50. The highest BCUT2D eigenvalue weighted by atomic mass is 32.2. The van der Waals surface area contributed by atoms with E-state index in [-0.39, 0.29) is 17.2 Å². The molecule has 2 heterocycles. The number of carbonyl (C=O) groups is 3. The molecular formula is C22H24FN3O3S. The zero-order valence-corrected chi connectivity index (χ0v) is 17.9. The standard InChI is InChI=1S/C22H24FN3O3S/c1-22(2,3)25-20(28)19(14-6-5-9-24-12-14)26(17-8-4-7-16(23)11-17)21(29)15-10-18(27)30-13-15/h4-9,11-12,15,19H,10,13H2,1-3H3,(H,25,28)/t15-,19-/m1/s1. The molecule has 0 saturated carbocycles. The second-order valence-electron chi connectivity index (χ2n) is 8.20. The Morgan fingerprint density at radius 1 is 1.27 bits per heavy atom. The number of pyridine rings is 1. The van der Waals surface area contributed by atoms with Crippen molar-refractivity contribution in [2.75, 3.05) is 10.7 Å². The third-order valence-corrected chi connectivity index (χ3v) is 5.59. The number of nitrogens with one attached hydrogen (secondary N) is 1. The van der Waals surface area contributed by atoms with Gasteiger partial charge in [-0.3, -0.25) is 24.3 Å². The molecule has 1 saturated heterocycles. The maximum absolute atomic E-state index is 14.1. The topological polar surface area (TPSA) is 79.4 Å². The Kier molecular flexibility index (Phi) is 6.55. The van der Waals surface area contributed by atoms with Crippen molar-refractivity contribution in [3.05, 3.63) is 60.2 Å². The molecule has 8 heteroatoms. The first kappa shape index (κ1) is 22.0. The predicted octanol–water partition coefficient (Wildman–Crippen LogP) is 3.49. The molecule has 158 valence electrons. The molecule has 0 spiro atoms. The number of rotatable bonds is 5. The van der Waals surface area contributed by atoms with Crippen LogP contribution in [-0.2, 0) is 14.4 Å². The lowest BCUT2D eigenvalue weighted by atomic mass is 9.99. The van der Waals surface area contributed by atoms with Crippen LogP contribution >= 0.6 is 11.8 Å². The van der Waals surface area contributed by atoms with E-state index in [1.807, 2.05) is 20.8 Å². The zero-order chi connectivity index (χ0) is 21.9. The molecule has 1 aliphatic rings. The van der Waals surface area contributed by atoms with Crippen LogP contribution in [0.5, 0.6) is 0 Å². The van der Waals surface area contributed by atoms with Crippen molar-refractivity contribution >= 4 is 34.4 Å². The quantitative estimate of drug-likeness (QED) is 0.787. The zero-order valence-electron chi connectivity index (χ0n) is 17.1. The van der Waals surface area contributed by atoms with Crippen LogP contribution in [0.3, 0.4) is 0 Å². The summed E-state index contributed by atoms with van der Waals surface area (Å²) in [5, 5.41) is 2.85. The Labute approximate surface area is 179 Å². The second-order valence-corrected chi connectivity index (χ2v) is 9.28. The highest BCUT2D eigenvalue weighted by molar-refractivity contribution is 8.14. The minimum absolute atomic E-state index is 0.0652. The summed E-state index contributed by atoms with van der Waals surface area (Å²) in [7, 11) is 0. The summed E-state index contributed by atoms with van der Waals surface area (Å²) in [4.78, 5) is 44.0. The Morgan fingerprint density at radius 3 is 2.60 bits per heavy atom. The van der Waals surface area contributed by atoms with Crippen LogP contribution < -0.4 is 10.2 Å². The number of anilines is 1. The first-order chi connectivity index (χ1) is 14.2. The van der Waals surface area contributed by atoms with Crippen molar-refractivity contribution < 1.29 is 18.8 Å². The largest absolute Gasteiger partial charge is 0.349 e. The summed E-state index contributed by atoms with van der Waals surface area (Å²) >= 11 is 1.10. The van der Waals surface area contributed by atoms with E-state index in [0.29, 0.717) is 11.3 Å². The molecule has 2 amide bonds. The van der Waals surface area contributed by atoms with Gasteiger partial charge in [0, 0.05) is 41.4 Å². The Balaban J connectivity index is 2.11. The molecule has 0 bridgehead atoms. The number of hydrogen-bond acceptors (Lipinski definition) is 5. The van der Waals surface area contributed by atoms with E-state index in [0.717, 1.165) is 11.8 Å². The molecule has 1 fully saturated rings. The van der Waals surface area contributed by atoms with Crippen LogP contribution in [0.4, 0.5) is 10.1 Å². The molecule has 2 atom stereocenters. The monoisotopic (exact) mass is 429 g/mol. The van der Waals surface area contributed by atoms with E-state index < -0.39 is 35.1 Å². The molecule has 1 aromatic heterocycles. The van der Waals surface area contributed by atoms with Gasteiger partial charge < -0.3 is 5.32 Å². The van der Waals surface area contributed by atoms with Crippen molar-refractivity contribution in [2.24, 2.45) is 5.92 Å². The maximum atomic E-state index is 14.1. The van der Waals surface area contributed by atoms with Gasteiger partial charge in [-0.1, -0.05) is 23.9 Å². The smallest absolute Gasteiger partial charge is 0.248 e. The first-order valence-electron chi connectivity index (χ1n) is 9.62. The van der Waals surface area contributed by atoms with Crippen molar-refractivity contribution in [1.82, 2.24) is 10.3 Å². The van der Waals surface area contributed by atoms with Crippen LogP contribution in [0.1, 0.15) is 38.8 Å². The number of thioether (sulfide) groups is 1. The van der Waals surface area contributed by atoms with Crippen LogP contribution in [0.2, 0.25) is 0 Å². The molecule has 1 aliphatic heterocycles. The van der Waals surface area contributed by atoms with Gasteiger partial charge in [0.2, 0.25) is 11.8 Å². The molecule has 1 N–H and O–H groups in total. The van der Waals surface area contributed by atoms with Gasteiger partial charge in [-0.2, -0.15) is 0 Å². The van der Waals surface area contributed by atoms with Crippen LogP contribution in [0.15, 0.2) is 48.8 Å². The van der Waals surface area contributed by atoms with Gasteiger partial charge in [-0.05, 0) is 45.0 Å². The van der Waals surface area contributed by atoms with Crippen molar-refractivity contribution in [1.29, 1.82) is 0 Å².